The molecule has 3 rings (SSSR count). The molecule has 0 bridgehead atoms. The molecule has 0 N–H and O–H groups in total. The molecule has 1 aliphatic rings. The molecular weight excluding hydrogens is 304 g/mol. The summed E-state index contributed by atoms with van der Waals surface area (Å²) in [6, 6.07) is 10.9. The van der Waals surface area contributed by atoms with Crippen LogP contribution in [-0.4, -0.2) is 37.6 Å². The van der Waals surface area contributed by atoms with Gasteiger partial charge in [0.15, 0.2) is 0 Å². The number of hydrogen-bond acceptors (Lipinski definition) is 5. The number of benzene rings is 1. The van der Waals surface area contributed by atoms with Crippen molar-refractivity contribution in [3.63, 3.8) is 0 Å². The van der Waals surface area contributed by atoms with Gasteiger partial charge in [0.05, 0.1) is 12.8 Å². The van der Waals surface area contributed by atoms with Crippen molar-refractivity contribution in [3.05, 3.63) is 42.6 Å². The summed E-state index contributed by atoms with van der Waals surface area (Å²) in [5, 5.41) is 3.37. The first-order chi connectivity index (χ1) is 10.7. The molecule has 0 radical (unpaired) electrons. The van der Waals surface area contributed by atoms with Crippen LogP contribution in [0.5, 0.6) is 5.75 Å². The van der Waals surface area contributed by atoms with E-state index in [0.717, 1.165) is 18.6 Å². The first-order valence-electron chi connectivity index (χ1n) is 7.25. The summed E-state index contributed by atoms with van der Waals surface area (Å²) < 4.78 is 36.8. The fourth-order valence-electron chi connectivity index (χ4n) is 2.58. The third kappa shape index (κ3) is 3.31. The second-order valence-electron chi connectivity index (χ2n) is 5.33. The average Bonchev–Trinajstić information content (AvgIpc) is 3.09. The van der Waals surface area contributed by atoms with E-state index in [1.807, 2.05) is 30.3 Å². The highest BCUT2D eigenvalue weighted by Crippen LogP contribution is 2.24. The average molecular weight is 322 g/mol. The minimum atomic E-state index is -3.59. The van der Waals surface area contributed by atoms with Gasteiger partial charge in [-0.05, 0) is 25.0 Å². The monoisotopic (exact) mass is 322 g/mol. The lowest BCUT2D eigenvalue weighted by Crippen LogP contribution is -2.41. The summed E-state index contributed by atoms with van der Waals surface area (Å²) in [5.74, 6) is 0.976. The van der Waals surface area contributed by atoms with Crippen LogP contribution in [0.2, 0.25) is 0 Å². The van der Waals surface area contributed by atoms with Crippen molar-refractivity contribution in [2.75, 3.05) is 19.7 Å². The van der Waals surface area contributed by atoms with Crippen LogP contribution in [-0.2, 0) is 10.0 Å². The predicted molar refractivity (Wildman–Crippen MR) is 79.9 cm³/mol. The number of aromatic nitrogens is 1. The van der Waals surface area contributed by atoms with E-state index in [-0.39, 0.29) is 11.0 Å². The van der Waals surface area contributed by atoms with Crippen LogP contribution in [0.15, 0.2) is 52.2 Å². The van der Waals surface area contributed by atoms with Crippen LogP contribution >= 0.6 is 0 Å². The van der Waals surface area contributed by atoms with E-state index in [2.05, 4.69) is 5.16 Å². The lowest BCUT2D eigenvalue weighted by atomic mass is 10.0. The quantitative estimate of drug-likeness (QED) is 0.843. The van der Waals surface area contributed by atoms with Gasteiger partial charge in [-0.15, -0.1) is 0 Å². The van der Waals surface area contributed by atoms with Gasteiger partial charge in [-0.2, -0.15) is 4.31 Å². The Hall–Kier alpha value is -1.86. The van der Waals surface area contributed by atoms with Crippen LogP contribution < -0.4 is 4.74 Å². The molecule has 6 nitrogen and oxygen atoms in total. The van der Waals surface area contributed by atoms with Gasteiger partial charge in [-0.25, -0.2) is 8.42 Å². The highest BCUT2D eigenvalue weighted by Gasteiger charge is 2.32. The standard InChI is InChI=1S/C15H18N2O4S/c18-22(19,15-8-9-16-21-15)17-10-4-5-13(11-17)12-20-14-6-2-1-3-7-14/h1-3,6-9,13H,4-5,10-12H2. The molecule has 7 heteroatoms. The van der Waals surface area contributed by atoms with Gasteiger partial charge in [0, 0.05) is 25.1 Å². The van der Waals surface area contributed by atoms with Gasteiger partial charge in [-0.3, -0.25) is 0 Å². The van der Waals surface area contributed by atoms with Crippen molar-refractivity contribution in [1.29, 1.82) is 0 Å². The zero-order valence-electron chi connectivity index (χ0n) is 12.1. The number of hydrogen-bond donors (Lipinski definition) is 0. The smallest absolute Gasteiger partial charge is 0.279 e. The number of para-hydroxylation sites is 1. The maximum Gasteiger partial charge on any atom is 0.279 e. The Morgan fingerprint density at radius 1 is 1.27 bits per heavy atom. The Bertz CT molecular complexity index is 686. The Morgan fingerprint density at radius 2 is 2.09 bits per heavy atom. The molecule has 1 aromatic heterocycles. The lowest BCUT2D eigenvalue weighted by molar-refractivity contribution is 0.178. The molecule has 1 aromatic carbocycles. The summed E-state index contributed by atoms with van der Waals surface area (Å²) in [6.45, 7) is 1.45. The van der Waals surface area contributed by atoms with E-state index in [9.17, 15) is 8.42 Å². The van der Waals surface area contributed by atoms with Crippen molar-refractivity contribution in [2.24, 2.45) is 5.92 Å². The van der Waals surface area contributed by atoms with Gasteiger partial charge < -0.3 is 9.26 Å². The molecule has 1 aliphatic heterocycles. The Labute approximate surface area is 129 Å². The van der Waals surface area contributed by atoms with Crippen molar-refractivity contribution in [2.45, 2.75) is 17.9 Å². The Balaban J connectivity index is 1.62. The second kappa shape index (κ2) is 6.50. The van der Waals surface area contributed by atoms with Crippen molar-refractivity contribution in [3.8, 4) is 5.75 Å². The first kappa shape index (κ1) is 15.1. The minimum absolute atomic E-state index is 0.0999. The Kier molecular flexibility index (Phi) is 4.44. The molecule has 0 spiro atoms. The SMILES string of the molecule is O=S(=O)(c1ccno1)N1CCCC(COc2ccccc2)C1. The first-order valence-corrected chi connectivity index (χ1v) is 8.69. The van der Waals surface area contributed by atoms with Crippen molar-refractivity contribution < 1.29 is 17.7 Å². The van der Waals surface area contributed by atoms with E-state index in [0.29, 0.717) is 19.7 Å². The van der Waals surface area contributed by atoms with Gasteiger partial charge in [-0.1, -0.05) is 23.4 Å². The molecule has 0 aliphatic carbocycles. The number of piperidine rings is 1. The molecule has 22 heavy (non-hydrogen) atoms. The van der Waals surface area contributed by atoms with Crippen LogP contribution in [0.4, 0.5) is 0 Å². The molecule has 1 unspecified atom stereocenters. The largest absolute Gasteiger partial charge is 0.493 e. The van der Waals surface area contributed by atoms with Crippen LogP contribution in [0.25, 0.3) is 0 Å². The highest BCUT2D eigenvalue weighted by atomic mass is 32.2. The molecule has 1 saturated heterocycles. The maximum atomic E-state index is 12.4. The van der Waals surface area contributed by atoms with Crippen LogP contribution in [0, 0.1) is 5.92 Å². The van der Waals surface area contributed by atoms with Gasteiger partial charge in [0.1, 0.15) is 5.75 Å². The fraction of sp³-hybridized carbons (Fsp3) is 0.400. The van der Waals surface area contributed by atoms with E-state index < -0.39 is 10.0 Å². The highest BCUT2D eigenvalue weighted by molar-refractivity contribution is 7.89. The van der Waals surface area contributed by atoms with E-state index in [1.54, 1.807) is 0 Å². The van der Waals surface area contributed by atoms with E-state index in [4.69, 9.17) is 9.26 Å². The molecule has 1 fully saturated rings. The predicted octanol–water partition coefficient (Wildman–Crippen LogP) is 2.15. The molecule has 0 saturated carbocycles. The zero-order chi connectivity index (χ0) is 15.4. The molecule has 2 heterocycles. The topological polar surface area (TPSA) is 72.6 Å². The van der Waals surface area contributed by atoms with Gasteiger partial charge >= 0.3 is 0 Å². The lowest BCUT2D eigenvalue weighted by Gasteiger charge is -2.30. The summed E-state index contributed by atoms with van der Waals surface area (Å²) in [5.41, 5.74) is 0. The number of ether oxygens (including phenoxy) is 1. The number of rotatable bonds is 5. The van der Waals surface area contributed by atoms with Crippen LogP contribution in [0.3, 0.4) is 0 Å². The molecule has 1 atom stereocenters. The Morgan fingerprint density at radius 3 is 2.82 bits per heavy atom. The summed E-state index contributed by atoms with van der Waals surface area (Å²) in [7, 11) is -3.59. The molecular formula is C15H18N2O4S. The van der Waals surface area contributed by atoms with E-state index >= 15 is 0 Å². The minimum Gasteiger partial charge on any atom is -0.493 e. The third-order valence-corrected chi connectivity index (χ3v) is 5.45. The number of sulfonamides is 1. The van der Waals surface area contributed by atoms with E-state index in [1.165, 1.54) is 16.6 Å². The zero-order valence-corrected chi connectivity index (χ0v) is 12.9. The molecule has 118 valence electrons. The van der Waals surface area contributed by atoms with Crippen molar-refractivity contribution in [1.82, 2.24) is 9.46 Å². The third-order valence-electron chi connectivity index (χ3n) is 3.72. The fourth-order valence-corrected chi connectivity index (χ4v) is 3.98. The van der Waals surface area contributed by atoms with Gasteiger partial charge in [0.2, 0.25) is 0 Å². The van der Waals surface area contributed by atoms with Gasteiger partial charge in [0.25, 0.3) is 15.1 Å². The molecule has 2 aromatic rings. The summed E-state index contributed by atoms with van der Waals surface area (Å²) >= 11 is 0. The second-order valence-corrected chi connectivity index (χ2v) is 7.20. The maximum absolute atomic E-state index is 12.4. The summed E-state index contributed by atoms with van der Waals surface area (Å²) in [6.07, 6.45) is 3.11. The summed E-state index contributed by atoms with van der Waals surface area (Å²) in [4.78, 5) is 0. The normalized spacial score (nSPS) is 19.9. The van der Waals surface area contributed by atoms with Crippen LogP contribution in [0.1, 0.15) is 12.8 Å². The van der Waals surface area contributed by atoms with Crippen molar-refractivity contribution >= 4 is 10.0 Å². The number of nitrogens with zero attached hydrogens (tertiary/aromatic N) is 2. The molecule has 0 amide bonds.